The SMILES string of the molecule is CCCCCCC(=O)N(C1CCCCC1)C1CCCCC1. The van der Waals surface area contributed by atoms with E-state index in [2.05, 4.69) is 11.8 Å². The van der Waals surface area contributed by atoms with Gasteiger partial charge in [0.25, 0.3) is 0 Å². The predicted octanol–water partition coefficient (Wildman–Crippen LogP) is 5.45. The Morgan fingerprint density at radius 1 is 0.810 bits per heavy atom. The number of amides is 1. The summed E-state index contributed by atoms with van der Waals surface area (Å²) >= 11 is 0. The first kappa shape index (κ1) is 16.8. The van der Waals surface area contributed by atoms with Crippen LogP contribution in [0.5, 0.6) is 0 Å². The second kappa shape index (κ2) is 9.48. The van der Waals surface area contributed by atoms with Gasteiger partial charge >= 0.3 is 0 Å². The maximum Gasteiger partial charge on any atom is 0.223 e. The minimum atomic E-state index is 0.477. The molecule has 0 spiro atoms. The van der Waals surface area contributed by atoms with Crippen LogP contribution in [0.4, 0.5) is 0 Å². The van der Waals surface area contributed by atoms with E-state index < -0.39 is 0 Å². The zero-order valence-electron chi connectivity index (χ0n) is 14.1. The summed E-state index contributed by atoms with van der Waals surface area (Å²) < 4.78 is 0. The molecule has 1 amide bonds. The Morgan fingerprint density at radius 2 is 1.33 bits per heavy atom. The van der Waals surface area contributed by atoms with Crippen LogP contribution in [0, 0.1) is 0 Å². The number of hydrogen-bond donors (Lipinski definition) is 0. The molecule has 0 aliphatic heterocycles. The standard InChI is InChI=1S/C19H35NO/c1-2-3-4-11-16-19(21)20(17-12-7-5-8-13-17)18-14-9-6-10-15-18/h17-18H,2-16H2,1H3. The van der Waals surface area contributed by atoms with Gasteiger partial charge < -0.3 is 4.90 Å². The average Bonchev–Trinajstić information content (AvgIpc) is 2.54. The zero-order valence-corrected chi connectivity index (χ0v) is 14.1. The van der Waals surface area contributed by atoms with Crippen LogP contribution < -0.4 is 0 Å². The number of carbonyl (C=O) groups excluding carboxylic acids is 1. The molecule has 2 aliphatic rings. The van der Waals surface area contributed by atoms with E-state index in [4.69, 9.17) is 0 Å². The minimum Gasteiger partial charge on any atom is -0.337 e. The van der Waals surface area contributed by atoms with Gasteiger partial charge in [0.1, 0.15) is 0 Å². The summed E-state index contributed by atoms with van der Waals surface area (Å²) in [5.41, 5.74) is 0. The fourth-order valence-electron chi connectivity index (χ4n) is 4.26. The van der Waals surface area contributed by atoms with Gasteiger partial charge in [0.2, 0.25) is 5.91 Å². The maximum absolute atomic E-state index is 12.8. The molecular formula is C19H35NO. The Morgan fingerprint density at radius 3 is 1.81 bits per heavy atom. The summed E-state index contributed by atoms with van der Waals surface area (Å²) in [6, 6.07) is 1.14. The number of hydrogen-bond acceptors (Lipinski definition) is 1. The van der Waals surface area contributed by atoms with E-state index in [0.29, 0.717) is 18.0 Å². The molecule has 0 aromatic heterocycles. The molecule has 2 fully saturated rings. The number of carbonyl (C=O) groups is 1. The van der Waals surface area contributed by atoms with Crippen LogP contribution in [-0.2, 0) is 4.79 Å². The van der Waals surface area contributed by atoms with Crippen LogP contribution in [0.2, 0.25) is 0 Å². The molecule has 2 nitrogen and oxygen atoms in total. The van der Waals surface area contributed by atoms with Crippen molar-refractivity contribution >= 4 is 5.91 Å². The van der Waals surface area contributed by atoms with E-state index >= 15 is 0 Å². The Hall–Kier alpha value is -0.530. The summed E-state index contributed by atoms with van der Waals surface area (Å²) in [6.07, 6.45) is 18.8. The van der Waals surface area contributed by atoms with Crippen molar-refractivity contribution in [2.45, 2.75) is 115 Å². The molecule has 0 aromatic carbocycles. The van der Waals surface area contributed by atoms with E-state index in [9.17, 15) is 4.79 Å². The van der Waals surface area contributed by atoms with Crippen molar-refractivity contribution < 1.29 is 4.79 Å². The van der Waals surface area contributed by atoms with Crippen molar-refractivity contribution in [3.05, 3.63) is 0 Å². The van der Waals surface area contributed by atoms with E-state index in [0.717, 1.165) is 12.8 Å². The lowest BCUT2D eigenvalue weighted by Gasteiger charge is -2.42. The quantitative estimate of drug-likeness (QED) is 0.571. The van der Waals surface area contributed by atoms with Crippen LogP contribution in [-0.4, -0.2) is 22.9 Å². The third-order valence-corrected chi connectivity index (χ3v) is 5.47. The summed E-state index contributed by atoms with van der Waals surface area (Å²) in [5.74, 6) is 0.477. The Labute approximate surface area is 131 Å². The summed E-state index contributed by atoms with van der Waals surface area (Å²) in [5, 5.41) is 0. The number of rotatable bonds is 7. The molecule has 0 N–H and O–H groups in total. The van der Waals surface area contributed by atoms with Crippen molar-refractivity contribution in [2.75, 3.05) is 0 Å². The molecule has 0 heterocycles. The van der Waals surface area contributed by atoms with Crippen LogP contribution in [0.1, 0.15) is 103 Å². The molecule has 2 rings (SSSR count). The molecule has 2 heteroatoms. The van der Waals surface area contributed by atoms with Crippen LogP contribution in [0.3, 0.4) is 0 Å². The first-order valence-corrected chi connectivity index (χ1v) is 9.64. The van der Waals surface area contributed by atoms with Crippen LogP contribution in [0.15, 0.2) is 0 Å². The van der Waals surface area contributed by atoms with Gasteiger partial charge in [-0.05, 0) is 32.1 Å². The molecule has 21 heavy (non-hydrogen) atoms. The van der Waals surface area contributed by atoms with Crippen LogP contribution in [0.25, 0.3) is 0 Å². The Bertz CT molecular complexity index is 272. The van der Waals surface area contributed by atoms with Gasteiger partial charge in [0, 0.05) is 18.5 Å². The van der Waals surface area contributed by atoms with Crippen molar-refractivity contribution in [3.63, 3.8) is 0 Å². The molecule has 0 bridgehead atoms. The highest BCUT2D eigenvalue weighted by Gasteiger charge is 2.31. The molecule has 122 valence electrons. The van der Waals surface area contributed by atoms with E-state index in [1.54, 1.807) is 0 Å². The highest BCUT2D eigenvalue weighted by atomic mass is 16.2. The first-order valence-electron chi connectivity index (χ1n) is 9.64. The van der Waals surface area contributed by atoms with Gasteiger partial charge in [0.05, 0.1) is 0 Å². The lowest BCUT2D eigenvalue weighted by Crippen LogP contribution is -2.48. The zero-order chi connectivity index (χ0) is 14.9. The normalized spacial score (nSPS) is 21.4. The lowest BCUT2D eigenvalue weighted by atomic mass is 9.88. The molecule has 0 unspecified atom stereocenters. The highest BCUT2D eigenvalue weighted by Crippen LogP contribution is 2.31. The smallest absolute Gasteiger partial charge is 0.223 e. The molecular weight excluding hydrogens is 258 g/mol. The third-order valence-electron chi connectivity index (χ3n) is 5.47. The largest absolute Gasteiger partial charge is 0.337 e. The number of nitrogens with zero attached hydrogens (tertiary/aromatic N) is 1. The predicted molar refractivity (Wildman–Crippen MR) is 89.4 cm³/mol. The van der Waals surface area contributed by atoms with Crippen molar-refractivity contribution in [1.82, 2.24) is 4.90 Å². The third kappa shape index (κ3) is 5.30. The van der Waals surface area contributed by atoms with Crippen LogP contribution >= 0.6 is 0 Å². The average molecular weight is 293 g/mol. The van der Waals surface area contributed by atoms with Gasteiger partial charge in [-0.15, -0.1) is 0 Å². The Kier molecular flexibility index (Phi) is 7.60. The fourth-order valence-corrected chi connectivity index (χ4v) is 4.26. The van der Waals surface area contributed by atoms with Gasteiger partial charge in [-0.25, -0.2) is 0 Å². The monoisotopic (exact) mass is 293 g/mol. The van der Waals surface area contributed by atoms with Crippen molar-refractivity contribution in [2.24, 2.45) is 0 Å². The molecule has 0 saturated heterocycles. The minimum absolute atomic E-state index is 0.477. The summed E-state index contributed by atoms with van der Waals surface area (Å²) in [4.78, 5) is 15.2. The van der Waals surface area contributed by atoms with E-state index in [-0.39, 0.29) is 0 Å². The molecule has 0 atom stereocenters. The van der Waals surface area contributed by atoms with Gasteiger partial charge in [-0.3, -0.25) is 4.79 Å². The molecule has 0 aromatic rings. The lowest BCUT2D eigenvalue weighted by molar-refractivity contribution is -0.138. The van der Waals surface area contributed by atoms with Crippen molar-refractivity contribution in [1.29, 1.82) is 0 Å². The van der Waals surface area contributed by atoms with E-state index in [1.165, 1.54) is 83.5 Å². The van der Waals surface area contributed by atoms with E-state index in [1.807, 2.05) is 0 Å². The molecule has 0 radical (unpaired) electrons. The first-order chi connectivity index (χ1) is 10.3. The maximum atomic E-state index is 12.8. The Balaban J connectivity index is 1.91. The highest BCUT2D eigenvalue weighted by molar-refractivity contribution is 5.77. The molecule has 2 saturated carbocycles. The second-order valence-corrected chi connectivity index (χ2v) is 7.20. The fraction of sp³-hybridized carbons (Fsp3) is 0.947. The van der Waals surface area contributed by atoms with Gasteiger partial charge in [-0.2, -0.15) is 0 Å². The van der Waals surface area contributed by atoms with Gasteiger partial charge in [0.15, 0.2) is 0 Å². The summed E-state index contributed by atoms with van der Waals surface area (Å²) in [6.45, 7) is 2.23. The summed E-state index contributed by atoms with van der Waals surface area (Å²) in [7, 11) is 0. The van der Waals surface area contributed by atoms with Crippen molar-refractivity contribution in [3.8, 4) is 0 Å². The second-order valence-electron chi connectivity index (χ2n) is 7.20. The topological polar surface area (TPSA) is 20.3 Å². The van der Waals surface area contributed by atoms with Gasteiger partial charge in [-0.1, -0.05) is 64.7 Å². The molecule has 2 aliphatic carbocycles. The number of unbranched alkanes of at least 4 members (excludes halogenated alkanes) is 3.